The SMILES string of the molecule is CCCCCCC[C@@H](C)Oc1ccc(/C=C/c2ccccc2)cc1. The van der Waals surface area contributed by atoms with Crippen LogP contribution in [0.25, 0.3) is 12.2 Å². The molecule has 1 nitrogen and oxygen atoms in total. The van der Waals surface area contributed by atoms with Crippen LogP contribution < -0.4 is 4.74 Å². The second kappa shape index (κ2) is 10.7. The molecule has 2 aromatic carbocycles. The molecule has 0 bridgehead atoms. The smallest absolute Gasteiger partial charge is 0.119 e. The highest BCUT2D eigenvalue weighted by Gasteiger charge is 2.03. The largest absolute Gasteiger partial charge is 0.491 e. The minimum atomic E-state index is 0.289. The summed E-state index contributed by atoms with van der Waals surface area (Å²) >= 11 is 0. The van der Waals surface area contributed by atoms with E-state index in [2.05, 4.69) is 74.5 Å². The first-order chi connectivity index (χ1) is 11.8. The highest BCUT2D eigenvalue weighted by atomic mass is 16.5. The quantitative estimate of drug-likeness (QED) is 0.338. The lowest BCUT2D eigenvalue weighted by atomic mass is 10.1. The lowest BCUT2D eigenvalue weighted by Gasteiger charge is -2.14. The van der Waals surface area contributed by atoms with Crippen LogP contribution in [0.2, 0.25) is 0 Å². The Morgan fingerprint density at radius 3 is 2.08 bits per heavy atom. The summed E-state index contributed by atoms with van der Waals surface area (Å²) in [6, 6.07) is 18.7. The molecule has 1 heteroatoms. The second-order valence-electron chi connectivity index (χ2n) is 6.44. The van der Waals surface area contributed by atoms with Gasteiger partial charge < -0.3 is 4.74 Å². The van der Waals surface area contributed by atoms with Crippen molar-refractivity contribution in [1.82, 2.24) is 0 Å². The summed E-state index contributed by atoms with van der Waals surface area (Å²) in [4.78, 5) is 0. The normalized spacial score (nSPS) is 12.4. The van der Waals surface area contributed by atoms with Gasteiger partial charge in [-0.2, -0.15) is 0 Å². The van der Waals surface area contributed by atoms with Crippen LogP contribution in [0, 0.1) is 0 Å². The van der Waals surface area contributed by atoms with E-state index in [0.29, 0.717) is 0 Å². The van der Waals surface area contributed by atoms with Gasteiger partial charge in [0, 0.05) is 0 Å². The topological polar surface area (TPSA) is 9.23 Å². The molecule has 128 valence electrons. The fourth-order valence-corrected chi connectivity index (χ4v) is 2.74. The zero-order valence-electron chi connectivity index (χ0n) is 15.1. The molecule has 0 amide bonds. The monoisotopic (exact) mass is 322 g/mol. The van der Waals surface area contributed by atoms with Gasteiger partial charge in [-0.1, -0.05) is 87.2 Å². The third kappa shape index (κ3) is 7.04. The molecule has 0 heterocycles. The Morgan fingerprint density at radius 1 is 0.792 bits per heavy atom. The summed E-state index contributed by atoms with van der Waals surface area (Å²) in [7, 11) is 0. The van der Waals surface area contributed by atoms with Crippen molar-refractivity contribution in [3.8, 4) is 5.75 Å². The van der Waals surface area contributed by atoms with Crippen molar-refractivity contribution in [2.45, 2.75) is 58.5 Å². The number of hydrogen-bond acceptors (Lipinski definition) is 1. The van der Waals surface area contributed by atoms with Gasteiger partial charge in [0.05, 0.1) is 6.10 Å². The molecular weight excluding hydrogens is 292 g/mol. The van der Waals surface area contributed by atoms with E-state index in [1.165, 1.54) is 43.2 Å². The Kier molecular flexibility index (Phi) is 8.17. The van der Waals surface area contributed by atoms with Crippen molar-refractivity contribution in [3.63, 3.8) is 0 Å². The molecule has 2 aromatic rings. The van der Waals surface area contributed by atoms with Crippen LogP contribution >= 0.6 is 0 Å². The van der Waals surface area contributed by atoms with Crippen LogP contribution in [0.5, 0.6) is 5.75 Å². The molecule has 0 saturated heterocycles. The summed E-state index contributed by atoms with van der Waals surface area (Å²) in [6.45, 7) is 4.42. The van der Waals surface area contributed by atoms with Crippen LogP contribution in [0.15, 0.2) is 54.6 Å². The second-order valence-corrected chi connectivity index (χ2v) is 6.44. The zero-order valence-corrected chi connectivity index (χ0v) is 15.1. The number of benzene rings is 2. The first-order valence-electron chi connectivity index (χ1n) is 9.28. The van der Waals surface area contributed by atoms with Gasteiger partial charge in [0.15, 0.2) is 0 Å². The van der Waals surface area contributed by atoms with E-state index in [1.54, 1.807) is 0 Å². The number of rotatable bonds is 10. The molecular formula is C23H30O. The van der Waals surface area contributed by atoms with Gasteiger partial charge in [0.2, 0.25) is 0 Å². The third-order valence-corrected chi connectivity index (χ3v) is 4.20. The lowest BCUT2D eigenvalue weighted by Crippen LogP contribution is -2.11. The molecule has 1 atom stereocenters. The third-order valence-electron chi connectivity index (χ3n) is 4.20. The van der Waals surface area contributed by atoms with Gasteiger partial charge in [-0.05, 0) is 43.0 Å². The summed E-state index contributed by atoms with van der Waals surface area (Å²) in [5.41, 5.74) is 2.41. The molecule has 0 fully saturated rings. The maximum atomic E-state index is 6.01. The predicted octanol–water partition coefficient (Wildman–Crippen LogP) is 6.98. The maximum absolute atomic E-state index is 6.01. The highest BCUT2D eigenvalue weighted by molar-refractivity contribution is 5.69. The average molecular weight is 322 g/mol. The van der Waals surface area contributed by atoms with Gasteiger partial charge in [-0.15, -0.1) is 0 Å². The van der Waals surface area contributed by atoms with Crippen molar-refractivity contribution in [3.05, 3.63) is 65.7 Å². The summed E-state index contributed by atoms with van der Waals surface area (Å²) in [5, 5.41) is 0. The van der Waals surface area contributed by atoms with Crippen LogP contribution in [-0.2, 0) is 0 Å². The molecule has 0 spiro atoms. The summed E-state index contributed by atoms with van der Waals surface area (Å²) in [5.74, 6) is 0.966. The first-order valence-corrected chi connectivity index (χ1v) is 9.28. The van der Waals surface area contributed by atoms with Gasteiger partial charge in [-0.3, -0.25) is 0 Å². The molecule has 0 saturated carbocycles. The summed E-state index contributed by atoms with van der Waals surface area (Å²) < 4.78 is 6.01. The predicted molar refractivity (Wildman–Crippen MR) is 105 cm³/mol. The zero-order chi connectivity index (χ0) is 17.0. The van der Waals surface area contributed by atoms with Crippen LogP contribution in [0.3, 0.4) is 0 Å². The first kappa shape index (κ1) is 18.3. The number of hydrogen-bond donors (Lipinski definition) is 0. The molecule has 0 aliphatic carbocycles. The molecule has 0 aromatic heterocycles. The van der Waals surface area contributed by atoms with Crippen molar-refractivity contribution in [1.29, 1.82) is 0 Å². The highest BCUT2D eigenvalue weighted by Crippen LogP contribution is 2.18. The average Bonchev–Trinajstić information content (AvgIpc) is 2.62. The van der Waals surface area contributed by atoms with Crippen LogP contribution in [0.1, 0.15) is 63.5 Å². The molecule has 0 radical (unpaired) electrons. The summed E-state index contributed by atoms with van der Waals surface area (Å²) in [6.07, 6.45) is 12.3. The van der Waals surface area contributed by atoms with E-state index < -0.39 is 0 Å². The van der Waals surface area contributed by atoms with Crippen molar-refractivity contribution in [2.24, 2.45) is 0 Å². The van der Waals surface area contributed by atoms with E-state index in [1.807, 2.05) is 6.07 Å². The van der Waals surface area contributed by atoms with E-state index in [4.69, 9.17) is 4.74 Å². The minimum absolute atomic E-state index is 0.289. The standard InChI is InChI=1S/C23H30O/c1-3-4-5-6-8-11-20(2)24-23-18-16-22(17-19-23)15-14-21-12-9-7-10-13-21/h7,9-10,12-20H,3-6,8,11H2,1-2H3/b15-14+/t20-/m1/s1. The minimum Gasteiger partial charge on any atom is -0.491 e. The Balaban J connectivity index is 1.76. The van der Waals surface area contributed by atoms with Gasteiger partial charge >= 0.3 is 0 Å². The lowest BCUT2D eigenvalue weighted by molar-refractivity contribution is 0.206. The Hall–Kier alpha value is -2.02. The molecule has 0 N–H and O–H groups in total. The number of unbranched alkanes of at least 4 members (excludes halogenated alkanes) is 4. The van der Waals surface area contributed by atoms with E-state index in [0.717, 1.165) is 12.2 Å². The van der Waals surface area contributed by atoms with Gasteiger partial charge in [0.1, 0.15) is 5.75 Å². The van der Waals surface area contributed by atoms with E-state index in [-0.39, 0.29) is 6.10 Å². The van der Waals surface area contributed by atoms with E-state index in [9.17, 15) is 0 Å². The van der Waals surface area contributed by atoms with Gasteiger partial charge in [-0.25, -0.2) is 0 Å². The van der Waals surface area contributed by atoms with Crippen LogP contribution in [-0.4, -0.2) is 6.10 Å². The van der Waals surface area contributed by atoms with Crippen molar-refractivity contribution < 1.29 is 4.74 Å². The molecule has 0 aliphatic heterocycles. The van der Waals surface area contributed by atoms with Crippen molar-refractivity contribution >= 4 is 12.2 Å². The fraction of sp³-hybridized carbons (Fsp3) is 0.391. The number of ether oxygens (including phenoxy) is 1. The molecule has 0 aliphatic rings. The molecule has 0 unspecified atom stereocenters. The van der Waals surface area contributed by atoms with E-state index >= 15 is 0 Å². The Bertz CT molecular complexity index is 583. The van der Waals surface area contributed by atoms with Crippen LogP contribution in [0.4, 0.5) is 0 Å². The van der Waals surface area contributed by atoms with Gasteiger partial charge in [0.25, 0.3) is 0 Å². The Morgan fingerprint density at radius 2 is 1.42 bits per heavy atom. The van der Waals surface area contributed by atoms with Crippen molar-refractivity contribution in [2.75, 3.05) is 0 Å². The maximum Gasteiger partial charge on any atom is 0.119 e. The fourth-order valence-electron chi connectivity index (χ4n) is 2.74. The molecule has 24 heavy (non-hydrogen) atoms. The molecule has 2 rings (SSSR count). The Labute approximate surface area is 147 Å².